The second kappa shape index (κ2) is 5.80. The number of ether oxygens (including phenoxy) is 2. The van der Waals surface area contributed by atoms with Crippen molar-refractivity contribution in [3.8, 4) is 11.5 Å². The smallest absolute Gasteiger partial charge is 0.224 e. The lowest BCUT2D eigenvalue weighted by atomic mass is 9.60. The number of nitrogens with zero attached hydrogens (tertiary/aromatic N) is 1. The highest BCUT2D eigenvalue weighted by atomic mass is 16.6. The van der Waals surface area contributed by atoms with Crippen molar-refractivity contribution in [2.45, 2.75) is 36.9 Å². The van der Waals surface area contributed by atoms with Crippen LogP contribution in [0.1, 0.15) is 24.8 Å². The maximum atomic E-state index is 10.1. The summed E-state index contributed by atoms with van der Waals surface area (Å²) in [4.78, 5) is 1.80. The molecule has 0 saturated carbocycles. The minimum Gasteiger partial charge on any atom is -0.486 e. The van der Waals surface area contributed by atoms with E-state index < -0.39 is 5.91 Å². The molecule has 7 heteroatoms. The van der Waals surface area contributed by atoms with Crippen LogP contribution in [0.3, 0.4) is 0 Å². The van der Waals surface area contributed by atoms with E-state index in [-0.39, 0.29) is 5.34 Å². The third-order valence-electron chi connectivity index (χ3n) is 4.69. The van der Waals surface area contributed by atoms with Crippen molar-refractivity contribution in [1.29, 1.82) is 0 Å². The molecule has 1 saturated heterocycles. The van der Waals surface area contributed by atoms with Crippen LogP contribution in [-0.2, 0) is 6.42 Å². The Bertz CT molecular complexity index is 534. The third kappa shape index (κ3) is 3.12. The van der Waals surface area contributed by atoms with Gasteiger partial charge in [0.25, 0.3) is 0 Å². The summed E-state index contributed by atoms with van der Waals surface area (Å²) in [5, 5.41) is 20.0. The molecule has 0 atom stereocenters. The zero-order chi connectivity index (χ0) is 15.8. The molecule has 0 radical (unpaired) electrons. The Balaban J connectivity index is 1.59. The van der Waals surface area contributed by atoms with Crippen LogP contribution >= 0.6 is 0 Å². The standard InChI is InChI=1S/C15H23B2NO4/c16-14(17)5-6-15(19,20)18(14)7-1-2-11-3-4-12-13(10-11)22-9-8-21-12/h3-4,10,19-20H,1-2,5-9,16-17H2. The van der Waals surface area contributed by atoms with E-state index in [9.17, 15) is 10.2 Å². The van der Waals surface area contributed by atoms with Crippen molar-refractivity contribution in [1.82, 2.24) is 4.90 Å². The van der Waals surface area contributed by atoms with E-state index in [4.69, 9.17) is 9.47 Å². The van der Waals surface area contributed by atoms with Gasteiger partial charge in [0, 0.05) is 13.0 Å². The minimum absolute atomic E-state index is 0.170. The predicted molar refractivity (Wildman–Crippen MR) is 88.7 cm³/mol. The van der Waals surface area contributed by atoms with Crippen molar-refractivity contribution in [2.24, 2.45) is 0 Å². The van der Waals surface area contributed by atoms with E-state index in [1.165, 1.54) is 5.56 Å². The van der Waals surface area contributed by atoms with E-state index in [1.54, 1.807) is 4.90 Å². The van der Waals surface area contributed by atoms with Crippen LogP contribution < -0.4 is 9.47 Å². The highest BCUT2D eigenvalue weighted by Crippen LogP contribution is 2.35. The van der Waals surface area contributed by atoms with E-state index in [0.29, 0.717) is 26.2 Å². The summed E-state index contributed by atoms with van der Waals surface area (Å²) >= 11 is 0. The van der Waals surface area contributed by atoms with Gasteiger partial charge in [0.05, 0.1) is 0 Å². The molecule has 118 valence electrons. The first kappa shape index (κ1) is 15.7. The van der Waals surface area contributed by atoms with Crippen LogP contribution in [0.25, 0.3) is 0 Å². The number of aliphatic hydroxyl groups is 2. The molecule has 2 heterocycles. The molecule has 0 aromatic heterocycles. The maximum Gasteiger partial charge on any atom is 0.224 e. The highest BCUT2D eigenvalue weighted by molar-refractivity contribution is 6.40. The van der Waals surface area contributed by atoms with Crippen LogP contribution in [0.4, 0.5) is 0 Å². The molecule has 2 aliphatic heterocycles. The largest absolute Gasteiger partial charge is 0.486 e. The normalized spacial score (nSPS) is 22.6. The molecule has 1 fully saturated rings. The number of likely N-dealkylation sites (tertiary alicyclic amines) is 1. The molecule has 22 heavy (non-hydrogen) atoms. The van der Waals surface area contributed by atoms with Crippen molar-refractivity contribution >= 4 is 15.7 Å². The average molecular weight is 303 g/mol. The average Bonchev–Trinajstić information content (AvgIpc) is 2.69. The fourth-order valence-corrected chi connectivity index (χ4v) is 3.39. The Morgan fingerprint density at radius 2 is 1.82 bits per heavy atom. The van der Waals surface area contributed by atoms with E-state index in [0.717, 1.165) is 30.8 Å². The number of aryl methyl sites for hydroxylation is 1. The van der Waals surface area contributed by atoms with Gasteiger partial charge in [-0.3, -0.25) is 4.90 Å². The molecule has 0 bridgehead atoms. The van der Waals surface area contributed by atoms with Gasteiger partial charge in [-0.05, 0) is 42.3 Å². The Morgan fingerprint density at radius 3 is 2.50 bits per heavy atom. The Kier molecular flexibility index (Phi) is 4.14. The van der Waals surface area contributed by atoms with Crippen LogP contribution in [0.2, 0.25) is 0 Å². The third-order valence-corrected chi connectivity index (χ3v) is 4.69. The fraction of sp³-hybridized carbons (Fsp3) is 0.600. The molecular weight excluding hydrogens is 280 g/mol. The molecular formula is C15H23B2NO4. The van der Waals surface area contributed by atoms with Crippen molar-refractivity contribution < 1.29 is 19.7 Å². The molecule has 1 aromatic rings. The SMILES string of the molecule is BC1(B)CCC(O)(O)N1CCCc1ccc2c(c1)OCCO2. The fourth-order valence-electron chi connectivity index (χ4n) is 3.39. The van der Waals surface area contributed by atoms with Gasteiger partial charge in [0.1, 0.15) is 28.9 Å². The molecule has 1 aromatic carbocycles. The first-order valence-electron chi connectivity index (χ1n) is 7.99. The Hall–Kier alpha value is -1.17. The second-order valence-corrected chi connectivity index (χ2v) is 6.82. The zero-order valence-electron chi connectivity index (χ0n) is 13.3. The van der Waals surface area contributed by atoms with Crippen LogP contribution in [0.5, 0.6) is 11.5 Å². The summed E-state index contributed by atoms with van der Waals surface area (Å²) < 4.78 is 11.1. The lowest BCUT2D eigenvalue weighted by molar-refractivity contribution is -0.249. The minimum atomic E-state index is -1.67. The van der Waals surface area contributed by atoms with E-state index >= 15 is 0 Å². The molecule has 2 aliphatic rings. The van der Waals surface area contributed by atoms with E-state index in [1.807, 2.05) is 18.2 Å². The highest BCUT2D eigenvalue weighted by Gasteiger charge is 2.47. The summed E-state index contributed by atoms with van der Waals surface area (Å²) in [6.45, 7) is 1.86. The van der Waals surface area contributed by atoms with Gasteiger partial charge in [-0.2, -0.15) is 0 Å². The number of fused-ring (bicyclic) bond motifs is 1. The number of hydrogen-bond donors (Lipinski definition) is 2. The van der Waals surface area contributed by atoms with Crippen molar-refractivity contribution in [3.05, 3.63) is 23.8 Å². The molecule has 0 aliphatic carbocycles. The first-order valence-corrected chi connectivity index (χ1v) is 7.99. The lowest BCUT2D eigenvalue weighted by Gasteiger charge is -2.38. The van der Waals surface area contributed by atoms with Gasteiger partial charge in [0.2, 0.25) is 5.91 Å². The lowest BCUT2D eigenvalue weighted by Crippen LogP contribution is -2.55. The quantitative estimate of drug-likeness (QED) is 0.554. The van der Waals surface area contributed by atoms with Gasteiger partial charge in [-0.25, -0.2) is 0 Å². The number of hydrogen-bond acceptors (Lipinski definition) is 5. The van der Waals surface area contributed by atoms with Crippen LogP contribution in [0.15, 0.2) is 18.2 Å². The van der Waals surface area contributed by atoms with Crippen molar-refractivity contribution in [2.75, 3.05) is 19.8 Å². The summed E-state index contributed by atoms with van der Waals surface area (Å²) in [6, 6.07) is 6.02. The van der Waals surface area contributed by atoms with Gasteiger partial charge >= 0.3 is 0 Å². The van der Waals surface area contributed by atoms with Gasteiger partial charge in [0.15, 0.2) is 11.5 Å². The zero-order valence-corrected chi connectivity index (χ0v) is 13.3. The number of rotatable bonds is 4. The van der Waals surface area contributed by atoms with E-state index in [2.05, 4.69) is 15.7 Å². The Morgan fingerprint density at radius 1 is 1.09 bits per heavy atom. The predicted octanol–water partition coefficient (Wildman–Crippen LogP) is -0.955. The summed E-state index contributed by atoms with van der Waals surface area (Å²) in [5.41, 5.74) is 1.18. The second-order valence-electron chi connectivity index (χ2n) is 6.82. The molecule has 5 nitrogen and oxygen atoms in total. The topological polar surface area (TPSA) is 62.2 Å². The number of benzene rings is 1. The van der Waals surface area contributed by atoms with Crippen molar-refractivity contribution in [3.63, 3.8) is 0 Å². The van der Waals surface area contributed by atoms with Crippen LogP contribution in [0, 0.1) is 0 Å². The summed E-state index contributed by atoms with van der Waals surface area (Å²) in [5.74, 6) is -0.0552. The molecule has 3 rings (SSSR count). The molecule has 0 unspecified atom stereocenters. The summed E-state index contributed by atoms with van der Waals surface area (Å²) in [7, 11) is 4.12. The van der Waals surface area contributed by atoms with Gasteiger partial charge in [-0.15, -0.1) is 0 Å². The molecule has 0 spiro atoms. The molecule has 0 amide bonds. The molecule has 2 N–H and O–H groups in total. The van der Waals surface area contributed by atoms with Crippen LogP contribution in [-0.4, -0.2) is 61.8 Å². The first-order chi connectivity index (χ1) is 10.4. The van der Waals surface area contributed by atoms with Gasteiger partial charge in [-0.1, -0.05) is 6.07 Å². The monoisotopic (exact) mass is 303 g/mol. The maximum absolute atomic E-state index is 10.1. The Labute approximate surface area is 133 Å². The summed E-state index contributed by atoms with van der Waals surface area (Å²) in [6.07, 6.45) is 2.94. The van der Waals surface area contributed by atoms with Gasteiger partial charge < -0.3 is 19.7 Å².